The number of fused-ring (bicyclic) bond motifs is 1. The normalized spacial score (nSPS) is 21.6. The van der Waals surface area contributed by atoms with E-state index in [1.807, 2.05) is 0 Å². The van der Waals surface area contributed by atoms with Crippen LogP contribution in [0.2, 0.25) is 0 Å². The van der Waals surface area contributed by atoms with Crippen molar-refractivity contribution in [3.63, 3.8) is 0 Å². The van der Waals surface area contributed by atoms with Crippen LogP contribution >= 0.6 is 0 Å². The van der Waals surface area contributed by atoms with Gasteiger partial charge in [0, 0.05) is 50.1 Å². The number of piperazine rings is 1. The number of para-hydroxylation sites is 2. The van der Waals surface area contributed by atoms with Crippen molar-refractivity contribution in [1.29, 1.82) is 0 Å². The Labute approximate surface area is 138 Å². The number of rotatable bonds is 3. The van der Waals surface area contributed by atoms with Gasteiger partial charge < -0.3 is 10.2 Å². The summed E-state index contributed by atoms with van der Waals surface area (Å²) in [6.45, 7) is 5.75. The topological polar surface area (TPSA) is 18.5 Å². The molecule has 1 saturated heterocycles. The molecular weight excluding hydrogens is 282 g/mol. The SMILES string of the molecule is c1ccc(N2CCN(C[C@H]3CCc4ccccc4N3)CC2)cc1. The molecule has 2 aromatic rings. The quantitative estimate of drug-likeness (QED) is 0.939. The highest BCUT2D eigenvalue weighted by Crippen LogP contribution is 2.25. The Morgan fingerprint density at radius 1 is 0.870 bits per heavy atom. The molecule has 1 atom stereocenters. The molecule has 120 valence electrons. The predicted molar refractivity (Wildman–Crippen MR) is 97.3 cm³/mol. The van der Waals surface area contributed by atoms with Crippen molar-refractivity contribution in [2.45, 2.75) is 18.9 Å². The van der Waals surface area contributed by atoms with Crippen molar-refractivity contribution in [2.24, 2.45) is 0 Å². The molecule has 0 aromatic heterocycles. The monoisotopic (exact) mass is 307 g/mol. The molecule has 3 heteroatoms. The van der Waals surface area contributed by atoms with Crippen molar-refractivity contribution in [1.82, 2.24) is 4.90 Å². The first-order valence-corrected chi connectivity index (χ1v) is 8.75. The highest BCUT2D eigenvalue weighted by atomic mass is 15.3. The van der Waals surface area contributed by atoms with Gasteiger partial charge in [-0.25, -0.2) is 0 Å². The van der Waals surface area contributed by atoms with E-state index in [1.165, 1.54) is 29.8 Å². The minimum Gasteiger partial charge on any atom is -0.381 e. The van der Waals surface area contributed by atoms with E-state index in [1.54, 1.807) is 0 Å². The van der Waals surface area contributed by atoms with Crippen LogP contribution in [0.5, 0.6) is 0 Å². The Hall–Kier alpha value is -2.00. The second-order valence-corrected chi connectivity index (χ2v) is 6.66. The summed E-state index contributed by atoms with van der Waals surface area (Å²) < 4.78 is 0. The molecule has 4 rings (SSSR count). The smallest absolute Gasteiger partial charge is 0.0391 e. The standard InChI is InChI=1S/C20H25N3/c1-2-7-19(8-3-1)23-14-12-22(13-15-23)16-18-11-10-17-6-4-5-9-20(17)21-18/h1-9,18,21H,10-16H2/t18-/m1/s1. The zero-order valence-corrected chi connectivity index (χ0v) is 13.6. The van der Waals surface area contributed by atoms with Gasteiger partial charge in [-0.2, -0.15) is 0 Å². The third-order valence-corrected chi connectivity index (χ3v) is 5.11. The van der Waals surface area contributed by atoms with E-state index in [0.29, 0.717) is 6.04 Å². The third kappa shape index (κ3) is 3.35. The lowest BCUT2D eigenvalue weighted by atomic mass is 9.97. The molecule has 2 heterocycles. The van der Waals surface area contributed by atoms with E-state index < -0.39 is 0 Å². The number of nitrogens with zero attached hydrogens (tertiary/aromatic N) is 2. The van der Waals surface area contributed by atoms with E-state index in [9.17, 15) is 0 Å². The van der Waals surface area contributed by atoms with Crippen LogP contribution in [0.4, 0.5) is 11.4 Å². The Morgan fingerprint density at radius 2 is 1.61 bits per heavy atom. The van der Waals surface area contributed by atoms with Crippen LogP contribution in [0.3, 0.4) is 0 Å². The number of anilines is 2. The molecule has 1 fully saturated rings. The molecular formula is C20H25N3. The number of hydrogen-bond donors (Lipinski definition) is 1. The third-order valence-electron chi connectivity index (χ3n) is 5.11. The fourth-order valence-electron chi connectivity index (χ4n) is 3.78. The Kier molecular flexibility index (Phi) is 4.20. The van der Waals surface area contributed by atoms with Gasteiger partial charge in [0.15, 0.2) is 0 Å². The van der Waals surface area contributed by atoms with Crippen molar-refractivity contribution >= 4 is 11.4 Å². The van der Waals surface area contributed by atoms with Crippen LogP contribution in [0, 0.1) is 0 Å². The summed E-state index contributed by atoms with van der Waals surface area (Å²) in [5.74, 6) is 0. The molecule has 0 saturated carbocycles. The molecule has 0 radical (unpaired) electrons. The number of benzene rings is 2. The van der Waals surface area contributed by atoms with Gasteiger partial charge in [-0.05, 0) is 36.6 Å². The van der Waals surface area contributed by atoms with Gasteiger partial charge in [-0.3, -0.25) is 4.90 Å². The summed E-state index contributed by atoms with van der Waals surface area (Å²) in [6.07, 6.45) is 2.45. The largest absolute Gasteiger partial charge is 0.381 e. The maximum atomic E-state index is 3.73. The second kappa shape index (κ2) is 6.63. The summed E-state index contributed by atoms with van der Waals surface area (Å²) in [5.41, 5.74) is 4.17. The first-order chi connectivity index (χ1) is 11.4. The van der Waals surface area contributed by atoms with Crippen molar-refractivity contribution in [3.05, 3.63) is 60.2 Å². The van der Waals surface area contributed by atoms with Crippen molar-refractivity contribution in [3.8, 4) is 0 Å². The van der Waals surface area contributed by atoms with E-state index >= 15 is 0 Å². The summed E-state index contributed by atoms with van der Waals surface area (Å²) in [6, 6.07) is 20.1. The van der Waals surface area contributed by atoms with Crippen LogP contribution in [-0.2, 0) is 6.42 Å². The lowest BCUT2D eigenvalue weighted by Gasteiger charge is -2.38. The van der Waals surface area contributed by atoms with E-state index in [-0.39, 0.29) is 0 Å². The molecule has 0 bridgehead atoms. The summed E-state index contributed by atoms with van der Waals surface area (Å²) in [4.78, 5) is 5.12. The zero-order valence-electron chi connectivity index (χ0n) is 13.6. The van der Waals surface area contributed by atoms with Crippen LogP contribution in [0.25, 0.3) is 0 Å². The molecule has 0 amide bonds. The molecule has 2 aliphatic rings. The van der Waals surface area contributed by atoms with Crippen LogP contribution < -0.4 is 10.2 Å². The fraction of sp³-hybridized carbons (Fsp3) is 0.400. The summed E-state index contributed by atoms with van der Waals surface area (Å²) in [5, 5.41) is 3.73. The number of aryl methyl sites for hydroxylation is 1. The Morgan fingerprint density at radius 3 is 2.43 bits per heavy atom. The molecule has 1 N–H and O–H groups in total. The van der Waals surface area contributed by atoms with Gasteiger partial charge in [-0.1, -0.05) is 36.4 Å². The minimum absolute atomic E-state index is 0.591. The van der Waals surface area contributed by atoms with Crippen molar-refractivity contribution < 1.29 is 0 Å². The average molecular weight is 307 g/mol. The molecule has 2 aliphatic heterocycles. The Balaban J connectivity index is 1.30. The molecule has 23 heavy (non-hydrogen) atoms. The zero-order chi connectivity index (χ0) is 15.5. The molecule has 0 aliphatic carbocycles. The van der Waals surface area contributed by atoms with E-state index in [2.05, 4.69) is 69.7 Å². The molecule has 3 nitrogen and oxygen atoms in total. The first-order valence-electron chi connectivity index (χ1n) is 8.75. The lowest BCUT2D eigenvalue weighted by Crippen LogP contribution is -2.50. The number of nitrogens with one attached hydrogen (secondary N) is 1. The Bertz CT molecular complexity index is 632. The van der Waals surface area contributed by atoms with Crippen LogP contribution in [0.15, 0.2) is 54.6 Å². The van der Waals surface area contributed by atoms with Crippen LogP contribution in [0.1, 0.15) is 12.0 Å². The van der Waals surface area contributed by atoms with Gasteiger partial charge in [0.2, 0.25) is 0 Å². The van der Waals surface area contributed by atoms with Gasteiger partial charge in [0.05, 0.1) is 0 Å². The lowest BCUT2D eigenvalue weighted by molar-refractivity contribution is 0.243. The second-order valence-electron chi connectivity index (χ2n) is 6.66. The van der Waals surface area contributed by atoms with Gasteiger partial charge in [-0.15, -0.1) is 0 Å². The average Bonchev–Trinajstić information content (AvgIpc) is 2.63. The van der Waals surface area contributed by atoms with Gasteiger partial charge in [0.1, 0.15) is 0 Å². The van der Waals surface area contributed by atoms with Gasteiger partial charge >= 0.3 is 0 Å². The summed E-state index contributed by atoms with van der Waals surface area (Å²) >= 11 is 0. The van der Waals surface area contributed by atoms with Crippen LogP contribution in [-0.4, -0.2) is 43.7 Å². The highest BCUT2D eigenvalue weighted by Gasteiger charge is 2.22. The number of hydrogen-bond acceptors (Lipinski definition) is 3. The highest BCUT2D eigenvalue weighted by molar-refractivity contribution is 5.53. The van der Waals surface area contributed by atoms with E-state index in [0.717, 1.165) is 32.7 Å². The summed E-state index contributed by atoms with van der Waals surface area (Å²) in [7, 11) is 0. The fourth-order valence-corrected chi connectivity index (χ4v) is 3.78. The minimum atomic E-state index is 0.591. The first kappa shape index (κ1) is 14.6. The van der Waals surface area contributed by atoms with Gasteiger partial charge in [0.25, 0.3) is 0 Å². The van der Waals surface area contributed by atoms with E-state index in [4.69, 9.17) is 0 Å². The maximum Gasteiger partial charge on any atom is 0.0391 e. The molecule has 2 aromatic carbocycles. The molecule has 0 unspecified atom stereocenters. The maximum absolute atomic E-state index is 3.73. The molecule has 0 spiro atoms. The van der Waals surface area contributed by atoms with Crippen molar-refractivity contribution in [2.75, 3.05) is 42.9 Å². The predicted octanol–water partition coefficient (Wildman–Crippen LogP) is 3.24.